The third kappa shape index (κ3) is 5.65. The first-order valence-electron chi connectivity index (χ1n) is 8.59. The zero-order chi connectivity index (χ0) is 21.8. The van der Waals surface area contributed by atoms with E-state index in [-0.39, 0.29) is 12.3 Å². The zero-order valence-electron chi connectivity index (χ0n) is 16.2. The van der Waals surface area contributed by atoms with Gasteiger partial charge in [0.05, 0.1) is 11.4 Å². The maximum Gasteiger partial charge on any atom is 0.430 e. The van der Waals surface area contributed by atoms with Crippen LogP contribution in [-0.2, 0) is 6.61 Å². The largest absolute Gasteiger partial charge is 0.488 e. The minimum atomic E-state index is -4.55. The standard InChI is InChI=1S/C20H22ClF3N4O/c1-12-9-13(16(25)10-19(27-2)20(22,23)24)7-8-18(12)29-11-14-15(21)5-4-6-17(14)28(3)26/h4-10,25,27H,11,26H2,1-3H3/b19-10-,25-16?. The van der Waals surface area contributed by atoms with Crippen molar-refractivity contribution in [2.75, 3.05) is 19.1 Å². The lowest BCUT2D eigenvalue weighted by molar-refractivity contribution is -0.0958. The number of nitrogens with one attached hydrogen (secondary N) is 2. The highest BCUT2D eigenvalue weighted by atomic mass is 35.5. The Bertz CT molecular complexity index is 926. The van der Waals surface area contributed by atoms with Crippen LogP contribution in [0.1, 0.15) is 16.7 Å². The lowest BCUT2D eigenvalue weighted by atomic mass is 10.1. The summed E-state index contributed by atoms with van der Waals surface area (Å²) in [5, 5.41) is 12.0. The molecule has 5 nitrogen and oxygen atoms in total. The van der Waals surface area contributed by atoms with E-state index >= 15 is 0 Å². The van der Waals surface area contributed by atoms with Crippen LogP contribution in [0.5, 0.6) is 5.75 Å². The van der Waals surface area contributed by atoms with Crippen molar-refractivity contribution in [1.29, 1.82) is 5.41 Å². The van der Waals surface area contributed by atoms with Crippen molar-refractivity contribution < 1.29 is 17.9 Å². The number of benzene rings is 2. The fourth-order valence-corrected chi connectivity index (χ4v) is 2.90. The fourth-order valence-electron chi connectivity index (χ4n) is 2.67. The summed E-state index contributed by atoms with van der Waals surface area (Å²) < 4.78 is 44.4. The van der Waals surface area contributed by atoms with Gasteiger partial charge in [-0.2, -0.15) is 13.2 Å². The molecular formula is C20H22ClF3N4O. The Labute approximate surface area is 172 Å². The number of hydrogen-bond acceptors (Lipinski definition) is 5. The summed E-state index contributed by atoms with van der Waals surface area (Å²) in [6.45, 7) is 1.91. The molecule has 0 bridgehead atoms. The van der Waals surface area contributed by atoms with Crippen LogP contribution in [0.15, 0.2) is 48.2 Å². The number of aryl methyl sites for hydroxylation is 1. The first-order valence-corrected chi connectivity index (χ1v) is 8.97. The molecule has 0 aromatic heterocycles. The number of anilines is 1. The van der Waals surface area contributed by atoms with Gasteiger partial charge in [0.15, 0.2) is 0 Å². The van der Waals surface area contributed by atoms with Crippen LogP contribution in [0.3, 0.4) is 0 Å². The van der Waals surface area contributed by atoms with E-state index in [0.717, 1.165) is 13.1 Å². The number of nitrogens with two attached hydrogens (primary N) is 1. The van der Waals surface area contributed by atoms with Crippen LogP contribution < -0.4 is 20.9 Å². The molecule has 156 valence electrons. The maximum atomic E-state index is 12.9. The summed E-state index contributed by atoms with van der Waals surface area (Å²) >= 11 is 6.25. The smallest absolute Gasteiger partial charge is 0.430 e. The summed E-state index contributed by atoms with van der Waals surface area (Å²) in [5.41, 5.74) is 1.19. The van der Waals surface area contributed by atoms with Gasteiger partial charge in [0.1, 0.15) is 18.1 Å². The summed E-state index contributed by atoms with van der Waals surface area (Å²) in [6, 6.07) is 10.1. The van der Waals surface area contributed by atoms with Gasteiger partial charge < -0.3 is 20.5 Å². The maximum absolute atomic E-state index is 12.9. The lowest BCUT2D eigenvalue weighted by Gasteiger charge is -2.19. The molecule has 2 aromatic carbocycles. The number of rotatable bonds is 7. The summed E-state index contributed by atoms with van der Waals surface area (Å²) in [4.78, 5) is 0. The number of hydrogen-bond donors (Lipinski definition) is 3. The zero-order valence-corrected chi connectivity index (χ0v) is 16.9. The van der Waals surface area contributed by atoms with Crippen LogP contribution in [0.2, 0.25) is 5.02 Å². The van der Waals surface area contributed by atoms with Crippen molar-refractivity contribution in [3.05, 3.63) is 69.9 Å². The predicted octanol–water partition coefficient (Wildman–Crippen LogP) is 4.57. The van der Waals surface area contributed by atoms with Crippen molar-refractivity contribution in [3.63, 3.8) is 0 Å². The second-order valence-corrected chi connectivity index (χ2v) is 6.74. The van der Waals surface area contributed by atoms with Crippen LogP contribution in [-0.4, -0.2) is 26.0 Å². The first kappa shape index (κ1) is 22.6. The van der Waals surface area contributed by atoms with Crippen molar-refractivity contribution >= 4 is 23.0 Å². The molecule has 0 saturated heterocycles. The van der Waals surface area contributed by atoms with Crippen LogP contribution in [0.4, 0.5) is 18.9 Å². The Morgan fingerprint density at radius 1 is 1.31 bits per heavy atom. The molecule has 0 unspecified atom stereocenters. The third-order valence-corrected chi connectivity index (χ3v) is 4.55. The minimum Gasteiger partial charge on any atom is -0.488 e. The number of halogens is 4. The number of hydrazine groups is 1. The molecule has 0 aliphatic heterocycles. The van der Waals surface area contributed by atoms with E-state index in [2.05, 4.69) is 5.32 Å². The molecule has 0 fully saturated rings. The van der Waals surface area contributed by atoms with Crippen LogP contribution >= 0.6 is 11.6 Å². The normalized spacial score (nSPS) is 11.9. The van der Waals surface area contributed by atoms with Gasteiger partial charge in [-0.15, -0.1) is 0 Å². The van der Waals surface area contributed by atoms with E-state index in [1.54, 1.807) is 38.2 Å². The molecule has 4 N–H and O–H groups in total. The average molecular weight is 427 g/mol. The number of alkyl halides is 3. The van der Waals surface area contributed by atoms with Gasteiger partial charge >= 0.3 is 6.18 Å². The number of nitrogens with zero attached hydrogens (tertiary/aromatic N) is 1. The van der Waals surface area contributed by atoms with Crippen molar-refractivity contribution in [2.45, 2.75) is 19.7 Å². The Balaban J connectivity index is 2.21. The molecule has 0 heterocycles. The Morgan fingerprint density at radius 3 is 2.55 bits per heavy atom. The highest BCUT2D eigenvalue weighted by Gasteiger charge is 2.33. The molecule has 0 aliphatic rings. The van der Waals surface area contributed by atoms with E-state index < -0.39 is 11.9 Å². The van der Waals surface area contributed by atoms with Gasteiger partial charge in [0.2, 0.25) is 0 Å². The van der Waals surface area contributed by atoms with Gasteiger partial charge in [-0.3, -0.25) is 0 Å². The summed E-state index contributed by atoms with van der Waals surface area (Å²) in [6.07, 6.45) is -3.80. The lowest BCUT2D eigenvalue weighted by Crippen LogP contribution is -2.26. The van der Waals surface area contributed by atoms with E-state index in [4.69, 9.17) is 27.6 Å². The molecule has 0 radical (unpaired) electrons. The monoisotopic (exact) mass is 426 g/mol. The molecule has 2 aromatic rings. The van der Waals surface area contributed by atoms with Crippen molar-refractivity contribution in [2.24, 2.45) is 5.84 Å². The molecular weight excluding hydrogens is 405 g/mol. The average Bonchev–Trinajstić information content (AvgIpc) is 2.64. The van der Waals surface area contributed by atoms with Crippen LogP contribution in [0, 0.1) is 12.3 Å². The summed E-state index contributed by atoms with van der Waals surface area (Å²) in [5.74, 6) is 6.35. The van der Waals surface area contributed by atoms with Crippen molar-refractivity contribution in [1.82, 2.24) is 5.32 Å². The summed E-state index contributed by atoms with van der Waals surface area (Å²) in [7, 11) is 2.85. The van der Waals surface area contributed by atoms with Gasteiger partial charge in [0, 0.05) is 24.7 Å². The van der Waals surface area contributed by atoms with E-state index in [1.165, 1.54) is 11.1 Å². The second-order valence-electron chi connectivity index (χ2n) is 6.34. The first-order chi connectivity index (χ1) is 13.5. The topological polar surface area (TPSA) is 74.4 Å². The van der Waals surface area contributed by atoms with Crippen LogP contribution in [0.25, 0.3) is 0 Å². The molecule has 0 saturated carbocycles. The van der Waals surface area contributed by atoms with Gasteiger partial charge in [-0.05, 0) is 54.5 Å². The molecule has 2 rings (SSSR count). The van der Waals surface area contributed by atoms with E-state index in [1.807, 2.05) is 6.07 Å². The Morgan fingerprint density at radius 2 is 2.00 bits per heavy atom. The Hall–Kier alpha value is -2.71. The predicted molar refractivity (Wildman–Crippen MR) is 110 cm³/mol. The van der Waals surface area contributed by atoms with Gasteiger partial charge in [0.25, 0.3) is 0 Å². The highest BCUT2D eigenvalue weighted by Crippen LogP contribution is 2.29. The molecule has 29 heavy (non-hydrogen) atoms. The molecule has 0 spiro atoms. The quantitative estimate of drug-likeness (QED) is 0.344. The van der Waals surface area contributed by atoms with E-state index in [0.29, 0.717) is 33.1 Å². The second kappa shape index (κ2) is 9.19. The van der Waals surface area contributed by atoms with Crippen molar-refractivity contribution in [3.8, 4) is 5.75 Å². The van der Waals surface area contributed by atoms with Gasteiger partial charge in [-0.25, -0.2) is 5.84 Å². The molecule has 9 heteroatoms. The SMILES string of the molecule is CN/C(=C\C(=N)c1ccc(OCc2c(Cl)cccc2N(C)N)c(C)c1)C(F)(F)F. The number of ether oxygens (including phenoxy) is 1. The van der Waals surface area contributed by atoms with E-state index in [9.17, 15) is 13.2 Å². The molecule has 0 aliphatic carbocycles. The minimum absolute atomic E-state index is 0.159. The Kier molecular flexibility index (Phi) is 7.16. The molecule has 0 amide bonds. The van der Waals surface area contributed by atoms with Gasteiger partial charge in [-0.1, -0.05) is 17.7 Å². The molecule has 0 atom stereocenters. The fraction of sp³-hybridized carbons (Fsp3) is 0.250. The third-order valence-electron chi connectivity index (χ3n) is 4.20. The number of allylic oxidation sites excluding steroid dienone is 2. The highest BCUT2D eigenvalue weighted by molar-refractivity contribution is 6.31.